The molecule has 1 aliphatic carbocycles. The number of rotatable bonds is 3. The normalized spacial score (nSPS) is 27.0. The lowest BCUT2D eigenvalue weighted by Gasteiger charge is -2.37. The SMILES string of the molecule is O=C(C1CC1)N1CCCC1c1nc2c(c(=O)[nH]1)CN(C1CCOCC1)CC2. The third kappa shape index (κ3) is 3.31. The molecule has 27 heavy (non-hydrogen) atoms. The molecule has 0 radical (unpaired) electrons. The maximum absolute atomic E-state index is 12.8. The highest BCUT2D eigenvalue weighted by Crippen LogP contribution is 2.37. The summed E-state index contributed by atoms with van der Waals surface area (Å²) in [6.07, 6.45) is 6.80. The number of hydrogen-bond acceptors (Lipinski definition) is 5. The van der Waals surface area contributed by atoms with Crippen LogP contribution in [0.1, 0.15) is 61.6 Å². The van der Waals surface area contributed by atoms with Gasteiger partial charge in [-0.25, -0.2) is 4.98 Å². The number of aromatic nitrogens is 2. The van der Waals surface area contributed by atoms with Crippen molar-refractivity contribution in [3.63, 3.8) is 0 Å². The van der Waals surface area contributed by atoms with E-state index in [0.29, 0.717) is 18.4 Å². The molecule has 1 amide bonds. The molecule has 0 aromatic carbocycles. The topological polar surface area (TPSA) is 78.5 Å². The van der Waals surface area contributed by atoms with E-state index < -0.39 is 0 Å². The Bertz CT molecular complexity index is 782. The van der Waals surface area contributed by atoms with Crippen LogP contribution >= 0.6 is 0 Å². The first kappa shape index (κ1) is 17.4. The van der Waals surface area contributed by atoms with Crippen LogP contribution in [-0.4, -0.2) is 58.0 Å². The van der Waals surface area contributed by atoms with E-state index in [0.717, 1.165) is 82.5 Å². The van der Waals surface area contributed by atoms with Gasteiger partial charge < -0.3 is 14.6 Å². The number of hydrogen-bond donors (Lipinski definition) is 1. The van der Waals surface area contributed by atoms with Crippen LogP contribution in [0, 0.1) is 5.92 Å². The minimum absolute atomic E-state index is 0.0162. The summed E-state index contributed by atoms with van der Waals surface area (Å²) in [5.41, 5.74) is 1.73. The van der Waals surface area contributed by atoms with E-state index in [1.807, 2.05) is 4.90 Å². The van der Waals surface area contributed by atoms with Crippen LogP contribution in [0.2, 0.25) is 0 Å². The van der Waals surface area contributed by atoms with E-state index in [-0.39, 0.29) is 23.4 Å². The Labute approximate surface area is 159 Å². The van der Waals surface area contributed by atoms with E-state index in [4.69, 9.17) is 9.72 Å². The number of aromatic amines is 1. The maximum Gasteiger partial charge on any atom is 0.255 e. The summed E-state index contributed by atoms with van der Waals surface area (Å²) in [6, 6.07) is 0.456. The molecule has 1 N–H and O–H groups in total. The van der Waals surface area contributed by atoms with Gasteiger partial charge in [0.1, 0.15) is 5.82 Å². The first-order valence-corrected chi connectivity index (χ1v) is 10.4. The molecule has 3 aliphatic heterocycles. The fourth-order valence-electron chi connectivity index (χ4n) is 4.86. The van der Waals surface area contributed by atoms with Gasteiger partial charge in [0, 0.05) is 51.2 Å². The van der Waals surface area contributed by atoms with Gasteiger partial charge in [-0.15, -0.1) is 0 Å². The summed E-state index contributed by atoms with van der Waals surface area (Å²) in [7, 11) is 0. The minimum Gasteiger partial charge on any atom is -0.381 e. The Hall–Kier alpha value is -1.73. The Morgan fingerprint density at radius 1 is 1.11 bits per heavy atom. The number of likely N-dealkylation sites (tertiary alicyclic amines) is 1. The summed E-state index contributed by atoms with van der Waals surface area (Å²) < 4.78 is 5.47. The number of nitrogens with zero attached hydrogens (tertiary/aromatic N) is 3. The summed E-state index contributed by atoms with van der Waals surface area (Å²) in [6.45, 7) is 4.04. The molecule has 5 rings (SSSR count). The van der Waals surface area contributed by atoms with Gasteiger partial charge in [0.05, 0.1) is 17.3 Å². The lowest BCUT2D eigenvalue weighted by Crippen LogP contribution is -2.44. The summed E-state index contributed by atoms with van der Waals surface area (Å²) in [5.74, 6) is 1.16. The van der Waals surface area contributed by atoms with E-state index in [2.05, 4.69) is 9.88 Å². The third-order valence-electron chi connectivity index (χ3n) is 6.60. The summed E-state index contributed by atoms with van der Waals surface area (Å²) in [5, 5.41) is 0. The third-order valence-corrected chi connectivity index (χ3v) is 6.60. The molecule has 7 heteroatoms. The molecule has 1 aromatic heterocycles. The van der Waals surface area contributed by atoms with Crippen molar-refractivity contribution >= 4 is 5.91 Å². The van der Waals surface area contributed by atoms with E-state index in [9.17, 15) is 9.59 Å². The summed E-state index contributed by atoms with van der Waals surface area (Å²) >= 11 is 0. The quantitative estimate of drug-likeness (QED) is 0.867. The number of nitrogens with one attached hydrogen (secondary N) is 1. The number of H-pyrrole nitrogens is 1. The number of carbonyl (C=O) groups excluding carboxylic acids is 1. The van der Waals surface area contributed by atoms with Crippen LogP contribution in [0.4, 0.5) is 0 Å². The molecular weight excluding hydrogens is 344 g/mol. The average molecular weight is 372 g/mol. The molecule has 1 unspecified atom stereocenters. The average Bonchev–Trinajstić information content (AvgIpc) is 3.44. The van der Waals surface area contributed by atoms with Crippen molar-refractivity contribution < 1.29 is 9.53 Å². The minimum atomic E-state index is -0.0513. The highest BCUT2D eigenvalue weighted by molar-refractivity contribution is 5.81. The van der Waals surface area contributed by atoms with Crippen LogP contribution in [0.25, 0.3) is 0 Å². The van der Waals surface area contributed by atoms with Crippen molar-refractivity contribution in [2.75, 3.05) is 26.3 Å². The Morgan fingerprint density at radius 3 is 2.70 bits per heavy atom. The second-order valence-corrected chi connectivity index (χ2v) is 8.40. The molecular formula is C20H28N4O3. The van der Waals surface area contributed by atoms with Gasteiger partial charge in [0.2, 0.25) is 5.91 Å². The molecule has 4 heterocycles. The number of fused-ring (bicyclic) bond motifs is 1. The van der Waals surface area contributed by atoms with Crippen LogP contribution < -0.4 is 5.56 Å². The van der Waals surface area contributed by atoms with Crippen molar-refractivity contribution in [1.82, 2.24) is 19.8 Å². The molecule has 0 spiro atoms. The Kier molecular flexibility index (Phi) is 4.52. The van der Waals surface area contributed by atoms with Crippen molar-refractivity contribution in [3.05, 3.63) is 27.4 Å². The van der Waals surface area contributed by atoms with Gasteiger partial charge >= 0.3 is 0 Å². The van der Waals surface area contributed by atoms with Crippen molar-refractivity contribution in [2.45, 2.75) is 63.6 Å². The standard InChI is InChI=1S/C20H28N4O3/c25-19-15-12-23(14-6-10-27-11-7-14)9-5-16(15)21-18(22-19)17-2-1-8-24(17)20(26)13-3-4-13/h13-14,17H,1-12H2,(H,21,22,25). The van der Waals surface area contributed by atoms with Crippen molar-refractivity contribution in [3.8, 4) is 0 Å². The van der Waals surface area contributed by atoms with Crippen molar-refractivity contribution in [1.29, 1.82) is 0 Å². The van der Waals surface area contributed by atoms with Gasteiger partial charge in [0.15, 0.2) is 0 Å². The van der Waals surface area contributed by atoms with Crippen LogP contribution in [0.15, 0.2) is 4.79 Å². The van der Waals surface area contributed by atoms with Crippen molar-refractivity contribution in [2.24, 2.45) is 5.92 Å². The fourth-order valence-corrected chi connectivity index (χ4v) is 4.86. The van der Waals surface area contributed by atoms with Gasteiger partial charge in [0.25, 0.3) is 5.56 Å². The molecule has 3 fully saturated rings. The Balaban J connectivity index is 1.37. The van der Waals surface area contributed by atoms with Crippen LogP contribution in [-0.2, 0) is 22.5 Å². The first-order chi connectivity index (χ1) is 13.2. The molecule has 146 valence electrons. The predicted octanol–water partition coefficient (Wildman–Crippen LogP) is 1.38. The largest absolute Gasteiger partial charge is 0.381 e. The second-order valence-electron chi connectivity index (χ2n) is 8.40. The predicted molar refractivity (Wildman–Crippen MR) is 99.2 cm³/mol. The zero-order valence-corrected chi connectivity index (χ0v) is 15.8. The smallest absolute Gasteiger partial charge is 0.255 e. The number of amides is 1. The summed E-state index contributed by atoms with van der Waals surface area (Å²) in [4.78, 5) is 37.7. The lowest BCUT2D eigenvalue weighted by atomic mass is 10.0. The molecule has 4 aliphatic rings. The lowest BCUT2D eigenvalue weighted by molar-refractivity contribution is -0.133. The van der Waals surface area contributed by atoms with Gasteiger partial charge in [-0.2, -0.15) is 0 Å². The number of carbonyl (C=O) groups is 1. The highest BCUT2D eigenvalue weighted by Gasteiger charge is 2.40. The van der Waals surface area contributed by atoms with Gasteiger partial charge in [-0.1, -0.05) is 0 Å². The molecule has 1 aromatic rings. The van der Waals surface area contributed by atoms with Gasteiger partial charge in [-0.3, -0.25) is 14.5 Å². The Morgan fingerprint density at radius 2 is 1.93 bits per heavy atom. The first-order valence-electron chi connectivity index (χ1n) is 10.4. The zero-order chi connectivity index (χ0) is 18.4. The molecule has 2 saturated heterocycles. The fraction of sp³-hybridized carbons (Fsp3) is 0.750. The number of ether oxygens (including phenoxy) is 1. The molecule has 1 saturated carbocycles. The van der Waals surface area contributed by atoms with E-state index in [1.165, 1.54) is 0 Å². The second kappa shape index (κ2) is 7.02. The van der Waals surface area contributed by atoms with Crippen LogP contribution in [0.3, 0.4) is 0 Å². The molecule has 7 nitrogen and oxygen atoms in total. The van der Waals surface area contributed by atoms with Gasteiger partial charge in [-0.05, 0) is 38.5 Å². The van der Waals surface area contributed by atoms with Crippen LogP contribution in [0.5, 0.6) is 0 Å². The molecule has 1 atom stereocenters. The maximum atomic E-state index is 12.8. The van der Waals surface area contributed by atoms with E-state index in [1.54, 1.807) is 0 Å². The zero-order valence-electron chi connectivity index (χ0n) is 15.8. The molecule has 0 bridgehead atoms. The highest BCUT2D eigenvalue weighted by atomic mass is 16.5. The van der Waals surface area contributed by atoms with E-state index >= 15 is 0 Å². The monoisotopic (exact) mass is 372 g/mol.